The van der Waals surface area contributed by atoms with Crippen LogP contribution in [0.2, 0.25) is 0 Å². The molecule has 0 unspecified atom stereocenters. The number of hydrogen-bond acceptors (Lipinski definition) is 5. The standard InChI is InChI=1S/C25H32N2O4/c1-24(2,3)31-23(29)21-9-5-4-8-20(21)19-12-10-18(11-13-19)17-30-27-22(28)16-25(26)14-6-7-15-25/h4-5,8-13H,6-7,14-17,26H2,1-3H3,(H,27,28). The summed E-state index contributed by atoms with van der Waals surface area (Å²) in [6.45, 7) is 5.80. The summed E-state index contributed by atoms with van der Waals surface area (Å²) in [5.74, 6) is -0.537. The molecule has 2 aromatic rings. The Balaban J connectivity index is 1.58. The highest BCUT2D eigenvalue weighted by molar-refractivity contribution is 5.97. The first-order valence-electron chi connectivity index (χ1n) is 10.8. The minimum Gasteiger partial charge on any atom is -0.456 e. The molecule has 1 fully saturated rings. The monoisotopic (exact) mass is 424 g/mol. The minimum atomic E-state index is -0.558. The Kier molecular flexibility index (Phi) is 7.13. The van der Waals surface area contributed by atoms with Gasteiger partial charge in [-0.2, -0.15) is 0 Å². The van der Waals surface area contributed by atoms with E-state index in [1.807, 2.05) is 63.2 Å². The van der Waals surface area contributed by atoms with Gasteiger partial charge in [0.25, 0.3) is 0 Å². The highest BCUT2D eigenvalue weighted by atomic mass is 16.6. The van der Waals surface area contributed by atoms with Crippen molar-refractivity contribution in [3.63, 3.8) is 0 Å². The van der Waals surface area contributed by atoms with Crippen molar-refractivity contribution in [2.45, 2.75) is 70.6 Å². The summed E-state index contributed by atoms with van der Waals surface area (Å²) in [5.41, 5.74) is 10.9. The van der Waals surface area contributed by atoms with Crippen LogP contribution in [-0.2, 0) is 21.0 Å². The van der Waals surface area contributed by atoms with Gasteiger partial charge in [0.05, 0.1) is 12.2 Å². The Morgan fingerprint density at radius 1 is 1.03 bits per heavy atom. The van der Waals surface area contributed by atoms with Gasteiger partial charge in [0.1, 0.15) is 5.60 Å². The molecule has 0 aromatic heterocycles. The molecule has 0 saturated heterocycles. The van der Waals surface area contributed by atoms with Gasteiger partial charge in [-0.25, -0.2) is 10.3 Å². The predicted molar refractivity (Wildman–Crippen MR) is 120 cm³/mol. The highest BCUT2D eigenvalue weighted by Gasteiger charge is 2.31. The van der Waals surface area contributed by atoms with Crippen molar-refractivity contribution >= 4 is 11.9 Å². The van der Waals surface area contributed by atoms with Crippen molar-refractivity contribution in [1.82, 2.24) is 5.48 Å². The number of nitrogens with one attached hydrogen (secondary N) is 1. The summed E-state index contributed by atoms with van der Waals surface area (Å²) in [7, 11) is 0. The van der Waals surface area contributed by atoms with Crippen LogP contribution >= 0.6 is 0 Å². The minimum absolute atomic E-state index is 0.188. The average Bonchev–Trinajstić information content (AvgIpc) is 3.13. The van der Waals surface area contributed by atoms with Crippen LogP contribution in [0.25, 0.3) is 11.1 Å². The fourth-order valence-electron chi connectivity index (χ4n) is 3.84. The molecule has 0 spiro atoms. The van der Waals surface area contributed by atoms with Gasteiger partial charge in [-0.05, 0) is 56.4 Å². The van der Waals surface area contributed by atoms with Crippen LogP contribution in [-0.4, -0.2) is 23.0 Å². The molecule has 6 heteroatoms. The number of hydroxylamine groups is 1. The number of rotatable bonds is 7. The molecule has 166 valence electrons. The smallest absolute Gasteiger partial charge is 0.339 e. The maximum Gasteiger partial charge on any atom is 0.339 e. The first-order valence-corrected chi connectivity index (χ1v) is 10.8. The van der Waals surface area contributed by atoms with Crippen molar-refractivity contribution in [3.8, 4) is 11.1 Å². The summed E-state index contributed by atoms with van der Waals surface area (Å²) in [5, 5.41) is 0. The highest BCUT2D eigenvalue weighted by Crippen LogP contribution is 2.30. The van der Waals surface area contributed by atoms with Crippen LogP contribution < -0.4 is 11.2 Å². The van der Waals surface area contributed by atoms with Crippen LogP contribution in [0.15, 0.2) is 48.5 Å². The van der Waals surface area contributed by atoms with E-state index in [4.69, 9.17) is 15.3 Å². The van der Waals surface area contributed by atoms with E-state index >= 15 is 0 Å². The van der Waals surface area contributed by atoms with E-state index < -0.39 is 11.1 Å². The fourth-order valence-corrected chi connectivity index (χ4v) is 3.84. The normalized spacial score (nSPS) is 15.5. The molecule has 0 radical (unpaired) electrons. The summed E-state index contributed by atoms with van der Waals surface area (Å²) >= 11 is 0. The molecular weight excluding hydrogens is 392 g/mol. The third-order valence-corrected chi connectivity index (χ3v) is 5.35. The molecule has 1 saturated carbocycles. The summed E-state index contributed by atoms with van der Waals surface area (Å²) in [6.07, 6.45) is 4.20. The van der Waals surface area contributed by atoms with Crippen LogP contribution in [0.3, 0.4) is 0 Å². The summed E-state index contributed by atoms with van der Waals surface area (Å²) in [6, 6.07) is 15.1. The maximum absolute atomic E-state index is 12.6. The second-order valence-electron chi connectivity index (χ2n) is 9.30. The Bertz CT molecular complexity index is 910. The molecule has 0 bridgehead atoms. The first-order chi connectivity index (χ1) is 14.7. The molecule has 1 aliphatic carbocycles. The van der Waals surface area contributed by atoms with Crippen molar-refractivity contribution in [1.29, 1.82) is 0 Å². The van der Waals surface area contributed by atoms with Gasteiger partial charge in [-0.15, -0.1) is 0 Å². The number of amides is 1. The van der Waals surface area contributed by atoms with Crippen LogP contribution in [0.4, 0.5) is 0 Å². The molecule has 6 nitrogen and oxygen atoms in total. The molecule has 31 heavy (non-hydrogen) atoms. The lowest BCUT2D eigenvalue weighted by atomic mass is 9.95. The van der Waals surface area contributed by atoms with Crippen LogP contribution in [0.1, 0.15) is 68.8 Å². The van der Waals surface area contributed by atoms with E-state index in [9.17, 15) is 9.59 Å². The summed E-state index contributed by atoms with van der Waals surface area (Å²) in [4.78, 5) is 30.0. The number of carbonyl (C=O) groups is 2. The average molecular weight is 425 g/mol. The zero-order valence-corrected chi connectivity index (χ0v) is 18.6. The number of benzene rings is 2. The van der Waals surface area contributed by atoms with E-state index in [1.165, 1.54) is 0 Å². The van der Waals surface area contributed by atoms with E-state index in [0.717, 1.165) is 42.4 Å². The number of carbonyl (C=O) groups excluding carboxylic acids is 2. The zero-order chi connectivity index (χ0) is 22.5. The first kappa shape index (κ1) is 23.0. The zero-order valence-electron chi connectivity index (χ0n) is 18.6. The number of nitrogens with two attached hydrogens (primary N) is 1. The SMILES string of the molecule is CC(C)(C)OC(=O)c1ccccc1-c1ccc(CONC(=O)CC2(N)CCCC2)cc1. The Morgan fingerprint density at radius 3 is 2.32 bits per heavy atom. The fraction of sp³-hybridized carbons (Fsp3) is 0.440. The van der Waals surface area contributed by atoms with E-state index in [0.29, 0.717) is 5.56 Å². The lowest BCUT2D eigenvalue weighted by Crippen LogP contribution is -2.42. The van der Waals surface area contributed by atoms with Gasteiger partial charge in [0, 0.05) is 12.0 Å². The lowest BCUT2D eigenvalue weighted by molar-refractivity contribution is -0.135. The number of esters is 1. The van der Waals surface area contributed by atoms with E-state index in [-0.39, 0.29) is 24.9 Å². The van der Waals surface area contributed by atoms with Crippen molar-refractivity contribution < 1.29 is 19.2 Å². The summed E-state index contributed by atoms with van der Waals surface area (Å²) < 4.78 is 5.53. The molecule has 0 heterocycles. The molecule has 0 aliphatic heterocycles. The molecule has 1 amide bonds. The predicted octanol–water partition coefficient (Wildman–Crippen LogP) is 4.52. The number of ether oxygens (including phenoxy) is 1. The van der Waals surface area contributed by atoms with Gasteiger partial charge >= 0.3 is 5.97 Å². The molecule has 1 aliphatic rings. The van der Waals surface area contributed by atoms with Gasteiger partial charge in [0.2, 0.25) is 5.91 Å². The van der Waals surface area contributed by atoms with Crippen LogP contribution in [0, 0.1) is 0 Å². The molecule has 2 aromatic carbocycles. The molecule has 3 N–H and O–H groups in total. The molecular formula is C25H32N2O4. The van der Waals surface area contributed by atoms with Gasteiger partial charge in [-0.3, -0.25) is 9.63 Å². The Labute approximate surface area is 184 Å². The Hall–Kier alpha value is -2.70. The van der Waals surface area contributed by atoms with Gasteiger partial charge < -0.3 is 10.5 Å². The van der Waals surface area contributed by atoms with Crippen LogP contribution in [0.5, 0.6) is 0 Å². The third-order valence-electron chi connectivity index (χ3n) is 5.35. The number of hydrogen-bond donors (Lipinski definition) is 2. The Morgan fingerprint density at radius 2 is 1.68 bits per heavy atom. The van der Waals surface area contributed by atoms with Crippen molar-refractivity contribution in [3.05, 3.63) is 59.7 Å². The third kappa shape index (κ3) is 6.64. The van der Waals surface area contributed by atoms with E-state index in [2.05, 4.69) is 5.48 Å². The molecule has 3 rings (SSSR count). The second-order valence-corrected chi connectivity index (χ2v) is 9.30. The quantitative estimate of drug-likeness (QED) is 0.504. The van der Waals surface area contributed by atoms with Gasteiger partial charge in [-0.1, -0.05) is 55.3 Å². The van der Waals surface area contributed by atoms with Crippen molar-refractivity contribution in [2.75, 3.05) is 0 Å². The van der Waals surface area contributed by atoms with Gasteiger partial charge in [0.15, 0.2) is 0 Å². The maximum atomic E-state index is 12.6. The molecule has 0 atom stereocenters. The van der Waals surface area contributed by atoms with Crippen molar-refractivity contribution in [2.24, 2.45) is 5.73 Å². The lowest BCUT2D eigenvalue weighted by Gasteiger charge is -2.22. The van der Waals surface area contributed by atoms with E-state index in [1.54, 1.807) is 6.07 Å². The second kappa shape index (κ2) is 9.62. The topological polar surface area (TPSA) is 90.6 Å². The largest absolute Gasteiger partial charge is 0.456 e.